The van der Waals surface area contributed by atoms with Gasteiger partial charge in [-0.15, -0.1) is 0 Å². The van der Waals surface area contributed by atoms with Crippen LogP contribution in [0.25, 0.3) is 0 Å². The predicted octanol–water partition coefficient (Wildman–Crippen LogP) is 3.50. The van der Waals surface area contributed by atoms with Crippen LogP contribution in [0.4, 0.5) is 11.4 Å². The normalized spacial score (nSPS) is 16.2. The number of ether oxygens (including phenoxy) is 1. The van der Waals surface area contributed by atoms with E-state index in [4.69, 9.17) is 16.3 Å². The third kappa shape index (κ3) is 4.90. The third-order valence-corrected chi connectivity index (χ3v) is 4.72. The summed E-state index contributed by atoms with van der Waals surface area (Å²) in [5.41, 5.74) is 1.94. The third-order valence-electron chi connectivity index (χ3n) is 4.48. The fourth-order valence-electron chi connectivity index (χ4n) is 2.86. The molecule has 5 nitrogen and oxygen atoms in total. The summed E-state index contributed by atoms with van der Waals surface area (Å²) in [5.74, 6) is 0.378. The average molecular weight is 374 g/mol. The van der Waals surface area contributed by atoms with Gasteiger partial charge in [-0.3, -0.25) is 4.79 Å². The van der Waals surface area contributed by atoms with Crippen molar-refractivity contribution in [1.29, 1.82) is 0 Å². The summed E-state index contributed by atoms with van der Waals surface area (Å²) in [4.78, 5) is 17.0. The summed E-state index contributed by atoms with van der Waals surface area (Å²) < 4.78 is 5.65. The Morgan fingerprint density at radius 3 is 2.46 bits per heavy atom. The van der Waals surface area contributed by atoms with Crippen molar-refractivity contribution in [2.45, 2.75) is 13.0 Å². The molecule has 2 aromatic rings. The van der Waals surface area contributed by atoms with E-state index < -0.39 is 6.10 Å². The number of benzene rings is 2. The molecule has 138 valence electrons. The van der Waals surface area contributed by atoms with Crippen LogP contribution in [-0.4, -0.2) is 50.1 Å². The van der Waals surface area contributed by atoms with Gasteiger partial charge in [-0.2, -0.15) is 0 Å². The molecule has 0 radical (unpaired) electrons. The Hall–Kier alpha value is -2.24. The molecule has 6 heteroatoms. The second-order valence-electron chi connectivity index (χ2n) is 6.54. The van der Waals surface area contributed by atoms with Gasteiger partial charge in [-0.1, -0.05) is 17.7 Å². The summed E-state index contributed by atoms with van der Waals surface area (Å²) in [6.45, 7) is 5.89. The van der Waals surface area contributed by atoms with Gasteiger partial charge in [0.25, 0.3) is 5.91 Å². The number of hydrogen-bond acceptors (Lipinski definition) is 4. The zero-order chi connectivity index (χ0) is 18.5. The Morgan fingerprint density at radius 2 is 1.81 bits per heavy atom. The Labute approximate surface area is 159 Å². The van der Waals surface area contributed by atoms with Crippen molar-refractivity contribution < 1.29 is 9.53 Å². The monoisotopic (exact) mass is 373 g/mol. The predicted molar refractivity (Wildman–Crippen MR) is 106 cm³/mol. The molecule has 0 aromatic heterocycles. The summed E-state index contributed by atoms with van der Waals surface area (Å²) in [6.07, 6.45) is -0.620. The first-order valence-electron chi connectivity index (χ1n) is 8.78. The second-order valence-corrected chi connectivity index (χ2v) is 6.98. The number of amides is 1. The van der Waals surface area contributed by atoms with E-state index >= 15 is 0 Å². The topological polar surface area (TPSA) is 44.8 Å². The molecule has 0 saturated carbocycles. The summed E-state index contributed by atoms with van der Waals surface area (Å²) in [5, 5.41) is 3.47. The summed E-state index contributed by atoms with van der Waals surface area (Å²) >= 11 is 5.94. The molecule has 26 heavy (non-hydrogen) atoms. The maximum atomic E-state index is 12.3. The molecule has 0 spiro atoms. The van der Waals surface area contributed by atoms with Crippen molar-refractivity contribution in [1.82, 2.24) is 4.90 Å². The van der Waals surface area contributed by atoms with E-state index in [1.165, 1.54) is 5.69 Å². The van der Waals surface area contributed by atoms with Gasteiger partial charge >= 0.3 is 0 Å². The minimum atomic E-state index is -0.620. The van der Waals surface area contributed by atoms with Crippen molar-refractivity contribution in [3.05, 3.63) is 53.6 Å². The van der Waals surface area contributed by atoms with Gasteiger partial charge in [0, 0.05) is 42.6 Å². The standard InChI is InChI=1S/C20H24ClN3O2/c1-15(26-19-5-3-4-16(21)14-19)20(25)22-17-6-8-18(9-7-17)24-12-10-23(2)11-13-24/h3-9,14-15H,10-13H2,1-2H3,(H,22,25)/t15-/m0/s1. The van der Waals surface area contributed by atoms with Gasteiger partial charge in [0.1, 0.15) is 5.75 Å². The lowest BCUT2D eigenvalue weighted by molar-refractivity contribution is -0.122. The van der Waals surface area contributed by atoms with Gasteiger partial charge in [-0.05, 0) is 56.4 Å². The van der Waals surface area contributed by atoms with Gasteiger partial charge < -0.3 is 19.9 Å². The van der Waals surface area contributed by atoms with Crippen LogP contribution >= 0.6 is 11.6 Å². The van der Waals surface area contributed by atoms with E-state index in [9.17, 15) is 4.79 Å². The van der Waals surface area contributed by atoms with E-state index in [0.717, 1.165) is 31.9 Å². The number of hydrogen-bond donors (Lipinski definition) is 1. The fourth-order valence-corrected chi connectivity index (χ4v) is 3.04. The van der Waals surface area contributed by atoms with Crippen molar-refractivity contribution in [2.24, 2.45) is 0 Å². The Morgan fingerprint density at radius 1 is 1.12 bits per heavy atom. The number of anilines is 2. The van der Waals surface area contributed by atoms with Crippen LogP contribution in [0.3, 0.4) is 0 Å². The number of rotatable bonds is 5. The maximum absolute atomic E-state index is 12.3. The molecule has 1 fully saturated rings. The number of piperazine rings is 1. The molecule has 1 saturated heterocycles. The minimum absolute atomic E-state index is 0.197. The first-order valence-corrected chi connectivity index (χ1v) is 9.16. The van der Waals surface area contributed by atoms with Crippen LogP contribution in [0.15, 0.2) is 48.5 Å². The molecule has 3 rings (SSSR count). The van der Waals surface area contributed by atoms with Crippen LogP contribution in [-0.2, 0) is 4.79 Å². The molecule has 0 bridgehead atoms. The van der Waals surface area contributed by atoms with Crippen molar-refractivity contribution in [3.8, 4) is 5.75 Å². The van der Waals surface area contributed by atoms with E-state index in [0.29, 0.717) is 10.8 Å². The van der Waals surface area contributed by atoms with Gasteiger partial charge in [0.2, 0.25) is 0 Å². The van der Waals surface area contributed by atoms with E-state index in [1.54, 1.807) is 31.2 Å². The van der Waals surface area contributed by atoms with Crippen LogP contribution in [0.5, 0.6) is 5.75 Å². The molecule has 1 atom stereocenters. The largest absolute Gasteiger partial charge is 0.481 e. The van der Waals surface area contributed by atoms with Gasteiger partial charge in [-0.25, -0.2) is 0 Å². The molecule has 1 heterocycles. The first-order chi connectivity index (χ1) is 12.5. The SMILES string of the molecule is C[C@H](Oc1cccc(Cl)c1)C(=O)Nc1ccc(N2CCN(C)CC2)cc1. The number of halogens is 1. The molecule has 1 amide bonds. The summed E-state index contributed by atoms with van der Waals surface area (Å²) in [7, 11) is 2.14. The molecular weight excluding hydrogens is 350 g/mol. The highest BCUT2D eigenvalue weighted by atomic mass is 35.5. The smallest absolute Gasteiger partial charge is 0.265 e. The molecule has 0 aliphatic carbocycles. The molecule has 1 aliphatic heterocycles. The maximum Gasteiger partial charge on any atom is 0.265 e. The molecule has 1 aliphatic rings. The first kappa shape index (κ1) is 18.5. The number of nitrogens with zero attached hydrogens (tertiary/aromatic N) is 2. The second kappa shape index (κ2) is 8.43. The summed E-state index contributed by atoms with van der Waals surface area (Å²) in [6, 6.07) is 15.0. The average Bonchev–Trinajstić information content (AvgIpc) is 2.63. The van der Waals surface area contributed by atoms with Crippen LogP contribution in [0.2, 0.25) is 5.02 Å². The van der Waals surface area contributed by atoms with Gasteiger partial charge in [0.15, 0.2) is 6.10 Å². The Balaban J connectivity index is 1.55. The molecule has 0 unspecified atom stereocenters. The van der Waals surface area contributed by atoms with Crippen molar-refractivity contribution in [2.75, 3.05) is 43.4 Å². The van der Waals surface area contributed by atoms with Crippen LogP contribution in [0.1, 0.15) is 6.92 Å². The number of nitrogens with one attached hydrogen (secondary N) is 1. The number of carbonyl (C=O) groups excluding carboxylic acids is 1. The Bertz CT molecular complexity index is 743. The van der Waals surface area contributed by atoms with E-state index in [-0.39, 0.29) is 5.91 Å². The van der Waals surface area contributed by atoms with Gasteiger partial charge in [0.05, 0.1) is 0 Å². The Kier molecular flexibility index (Phi) is 6.01. The zero-order valence-corrected chi connectivity index (χ0v) is 15.9. The highest BCUT2D eigenvalue weighted by Gasteiger charge is 2.16. The van der Waals surface area contributed by atoms with Crippen LogP contribution in [0, 0.1) is 0 Å². The molecule has 1 N–H and O–H groups in total. The lowest BCUT2D eigenvalue weighted by atomic mass is 10.2. The van der Waals surface area contributed by atoms with Crippen LogP contribution < -0.4 is 15.0 Å². The number of likely N-dealkylation sites (N-methyl/N-ethyl adjacent to an activating group) is 1. The quantitative estimate of drug-likeness (QED) is 0.871. The zero-order valence-electron chi connectivity index (χ0n) is 15.1. The molecular formula is C20H24ClN3O2. The lowest BCUT2D eigenvalue weighted by Gasteiger charge is -2.34. The van der Waals surface area contributed by atoms with Crippen molar-refractivity contribution >= 4 is 28.9 Å². The lowest BCUT2D eigenvalue weighted by Crippen LogP contribution is -2.44. The van der Waals surface area contributed by atoms with E-state index in [2.05, 4.69) is 22.2 Å². The minimum Gasteiger partial charge on any atom is -0.481 e. The fraction of sp³-hybridized carbons (Fsp3) is 0.350. The van der Waals surface area contributed by atoms with Crippen molar-refractivity contribution in [3.63, 3.8) is 0 Å². The highest BCUT2D eigenvalue weighted by molar-refractivity contribution is 6.30. The molecule has 2 aromatic carbocycles. The van der Waals surface area contributed by atoms with E-state index in [1.807, 2.05) is 24.3 Å². The highest BCUT2D eigenvalue weighted by Crippen LogP contribution is 2.21. The number of carbonyl (C=O) groups is 1.